The number of pyridine rings is 1. The second-order valence-corrected chi connectivity index (χ2v) is 11.4. The predicted octanol–water partition coefficient (Wildman–Crippen LogP) is 5.75. The van der Waals surface area contributed by atoms with Gasteiger partial charge in [0.2, 0.25) is 5.88 Å². The molecule has 10 heteroatoms. The van der Waals surface area contributed by atoms with Crippen molar-refractivity contribution in [3.63, 3.8) is 0 Å². The molecule has 5 aromatic rings. The molecule has 1 N–H and O–H groups in total. The van der Waals surface area contributed by atoms with Crippen LogP contribution in [0.5, 0.6) is 5.88 Å². The van der Waals surface area contributed by atoms with Crippen LogP contribution in [0.4, 0.5) is 23.1 Å². The van der Waals surface area contributed by atoms with E-state index in [0.717, 1.165) is 59.5 Å². The standard InChI is InChI=1S/C35H36N8O2/c1-24-22-44-20-19-43(24)35-29-16-18-42(32-15-17-36-25(2)37-32)21-30(29)39-34(41-35)27-11-13-28(14-12-27)38-31-9-6-10-33(40-31)45-23-26-7-4-3-5-8-26/h3-15,17,24H,16,18-23H2,1-2H3,(H,38,40)/t24-/m0/s1. The highest BCUT2D eigenvalue weighted by Crippen LogP contribution is 2.33. The van der Waals surface area contributed by atoms with E-state index in [9.17, 15) is 0 Å². The second kappa shape index (κ2) is 12.9. The molecule has 2 aliphatic heterocycles. The number of nitrogens with zero attached hydrogens (tertiary/aromatic N) is 7. The number of hydrogen-bond donors (Lipinski definition) is 1. The number of anilines is 4. The van der Waals surface area contributed by atoms with Crippen LogP contribution in [-0.4, -0.2) is 57.3 Å². The molecule has 3 aromatic heterocycles. The molecule has 0 spiro atoms. The minimum absolute atomic E-state index is 0.236. The summed E-state index contributed by atoms with van der Waals surface area (Å²) < 4.78 is 11.7. The van der Waals surface area contributed by atoms with Crippen molar-refractivity contribution < 1.29 is 9.47 Å². The van der Waals surface area contributed by atoms with Crippen molar-refractivity contribution in [2.24, 2.45) is 0 Å². The minimum Gasteiger partial charge on any atom is -0.473 e. The fourth-order valence-corrected chi connectivity index (χ4v) is 5.78. The number of ether oxygens (including phenoxy) is 2. The van der Waals surface area contributed by atoms with Crippen LogP contribution < -0.4 is 19.9 Å². The Kier molecular flexibility index (Phi) is 8.20. The summed E-state index contributed by atoms with van der Waals surface area (Å²) in [4.78, 5) is 28.5. The van der Waals surface area contributed by atoms with Crippen LogP contribution >= 0.6 is 0 Å². The lowest BCUT2D eigenvalue weighted by atomic mass is 10.0. The fourth-order valence-electron chi connectivity index (χ4n) is 5.78. The van der Waals surface area contributed by atoms with Crippen LogP contribution in [0, 0.1) is 6.92 Å². The molecule has 45 heavy (non-hydrogen) atoms. The van der Waals surface area contributed by atoms with Crippen LogP contribution in [0.15, 0.2) is 85.1 Å². The Balaban J connectivity index is 1.13. The average molecular weight is 601 g/mol. The van der Waals surface area contributed by atoms with Crippen LogP contribution in [0.1, 0.15) is 29.6 Å². The maximum Gasteiger partial charge on any atom is 0.215 e. The van der Waals surface area contributed by atoms with Gasteiger partial charge in [-0.25, -0.2) is 19.9 Å². The highest BCUT2D eigenvalue weighted by Gasteiger charge is 2.29. The van der Waals surface area contributed by atoms with Gasteiger partial charge < -0.3 is 24.6 Å². The summed E-state index contributed by atoms with van der Waals surface area (Å²) in [7, 11) is 0. The summed E-state index contributed by atoms with van der Waals surface area (Å²) in [6.07, 6.45) is 2.67. The largest absolute Gasteiger partial charge is 0.473 e. The van der Waals surface area contributed by atoms with Crippen LogP contribution in [-0.2, 0) is 24.3 Å². The lowest BCUT2D eigenvalue weighted by molar-refractivity contribution is 0.0984. The van der Waals surface area contributed by atoms with Crippen molar-refractivity contribution in [3.8, 4) is 17.3 Å². The van der Waals surface area contributed by atoms with E-state index in [1.165, 1.54) is 5.56 Å². The van der Waals surface area contributed by atoms with Gasteiger partial charge in [-0.3, -0.25) is 0 Å². The van der Waals surface area contributed by atoms with Gasteiger partial charge in [0.1, 0.15) is 29.9 Å². The normalized spacial score (nSPS) is 16.3. The molecule has 2 aromatic carbocycles. The Morgan fingerprint density at radius 2 is 1.78 bits per heavy atom. The lowest BCUT2D eigenvalue weighted by Crippen LogP contribution is -2.45. The van der Waals surface area contributed by atoms with Gasteiger partial charge in [0, 0.05) is 42.2 Å². The van der Waals surface area contributed by atoms with Crippen LogP contribution in [0.3, 0.4) is 0 Å². The molecule has 1 saturated heterocycles. The highest BCUT2D eigenvalue weighted by molar-refractivity contribution is 5.66. The third kappa shape index (κ3) is 6.56. The zero-order valence-corrected chi connectivity index (χ0v) is 25.6. The molecular weight excluding hydrogens is 564 g/mol. The zero-order chi connectivity index (χ0) is 30.6. The van der Waals surface area contributed by atoms with Gasteiger partial charge in [0.05, 0.1) is 31.5 Å². The first-order chi connectivity index (χ1) is 22.1. The number of rotatable bonds is 8. The Morgan fingerprint density at radius 1 is 0.911 bits per heavy atom. The molecule has 1 atom stereocenters. The summed E-state index contributed by atoms with van der Waals surface area (Å²) in [5.74, 6) is 4.70. The molecule has 0 saturated carbocycles. The molecule has 0 aliphatic carbocycles. The van der Waals surface area contributed by atoms with Gasteiger partial charge in [0.25, 0.3) is 0 Å². The molecule has 2 aliphatic rings. The average Bonchev–Trinajstić information content (AvgIpc) is 3.08. The minimum atomic E-state index is 0.236. The van der Waals surface area contributed by atoms with Gasteiger partial charge in [-0.2, -0.15) is 4.98 Å². The zero-order valence-electron chi connectivity index (χ0n) is 25.6. The van der Waals surface area contributed by atoms with Crippen LogP contribution in [0.2, 0.25) is 0 Å². The predicted molar refractivity (Wildman–Crippen MR) is 175 cm³/mol. The molecule has 228 valence electrons. The third-order valence-corrected chi connectivity index (χ3v) is 8.14. The van der Waals surface area contributed by atoms with Gasteiger partial charge >= 0.3 is 0 Å². The summed E-state index contributed by atoms with van der Waals surface area (Å²) in [5.41, 5.74) is 5.22. The van der Waals surface area contributed by atoms with Gasteiger partial charge in [0.15, 0.2) is 5.82 Å². The fraction of sp³-hybridized carbons (Fsp3) is 0.286. The van der Waals surface area contributed by atoms with Crippen molar-refractivity contribution in [2.45, 2.75) is 39.5 Å². The van der Waals surface area contributed by atoms with E-state index in [2.05, 4.69) is 49.1 Å². The Hall–Kier alpha value is -5.09. The van der Waals surface area contributed by atoms with E-state index in [-0.39, 0.29) is 6.04 Å². The molecule has 0 radical (unpaired) electrons. The van der Waals surface area contributed by atoms with Gasteiger partial charge in [-0.15, -0.1) is 0 Å². The molecule has 1 fully saturated rings. The Labute approximate surface area is 263 Å². The number of nitrogens with one attached hydrogen (secondary N) is 1. The number of aromatic nitrogens is 5. The summed E-state index contributed by atoms with van der Waals surface area (Å²) in [5, 5.41) is 3.40. The number of aryl methyl sites for hydroxylation is 1. The lowest BCUT2D eigenvalue weighted by Gasteiger charge is -2.38. The first kappa shape index (κ1) is 28.7. The molecule has 0 bridgehead atoms. The molecule has 7 rings (SSSR count). The first-order valence-corrected chi connectivity index (χ1v) is 15.4. The van der Waals surface area contributed by atoms with Gasteiger partial charge in [-0.05, 0) is 62.2 Å². The number of morpholine rings is 1. The van der Waals surface area contributed by atoms with Crippen molar-refractivity contribution in [2.75, 3.05) is 41.4 Å². The highest BCUT2D eigenvalue weighted by atomic mass is 16.5. The van der Waals surface area contributed by atoms with E-state index >= 15 is 0 Å². The SMILES string of the molecule is Cc1nccc(N2CCc3c(nc(-c4ccc(Nc5cccc(OCc6ccccc6)n5)cc4)nc3N3CCOC[C@@H]3C)C2)n1. The smallest absolute Gasteiger partial charge is 0.215 e. The van der Waals surface area contributed by atoms with E-state index < -0.39 is 0 Å². The first-order valence-electron chi connectivity index (χ1n) is 15.4. The van der Waals surface area contributed by atoms with Crippen molar-refractivity contribution in [3.05, 3.63) is 108 Å². The molecule has 0 amide bonds. The summed E-state index contributed by atoms with van der Waals surface area (Å²) >= 11 is 0. The maximum atomic E-state index is 5.91. The van der Waals surface area contributed by atoms with E-state index in [0.29, 0.717) is 43.9 Å². The second-order valence-electron chi connectivity index (χ2n) is 11.4. The number of hydrogen-bond acceptors (Lipinski definition) is 10. The van der Waals surface area contributed by atoms with E-state index in [1.54, 1.807) is 0 Å². The Morgan fingerprint density at radius 3 is 2.60 bits per heavy atom. The molecule has 5 heterocycles. The van der Waals surface area contributed by atoms with Crippen molar-refractivity contribution in [1.82, 2.24) is 24.9 Å². The molecule has 10 nitrogen and oxygen atoms in total. The summed E-state index contributed by atoms with van der Waals surface area (Å²) in [6, 6.07) is 26.2. The molecular formula is C35H36N8O2. The van der Waals surface area contributed by atoms with Crippen molar-refractivity contribution >= 4 is 23.1 Å². The Bertz CT molecular complexity index is 1770. The quantitative estimate of drug-likeness (QED) is 0.237. The van der Waals surface area contributed by atoms with E-state index in [4.69, 9.17) is 19.4 Å². The monoisotopic (exact) mass is 600 g/mol. The topological polar surface area (TPSA) is 101 Å². The third-order valence-electron chi connectivity index (χ3n) is 8.14. The van der Waals surface area contributed by atoms with Crippen LogP contribution in [0.25, 0.3) is 11.4 Å². The summed E-state index contributed by atoms with van der Waals surface area (Å²) in [6.45, 7) is 8.29. The maximum absolute atomic E-state index is 5.91. The number of fused-ring (bicyclic) bond motifs is 1. The number of benzene rings is 2. The molecule has 0 unspecified atom stereocenters. The van der Waals surface area contributed by atoms with Crippen molar-refractivity contribution in [1.29, 1.82) is 0 Å². The van der Waals surface area contributed by atoms with Gasteiger partial charge in [-0.1, -0.05) is 36.4 Å². The van der Waals surface area contributed by atoms with E-state index in [1.807, 2.05) is 79.9 Å².